The van der Waals surface area contributed by atoms with E-state index < -0.39 is 0 Å². The van der Waals surface area contributed by atoms with Crippen LogP contribution in [0.5, 0.6) is 0 Å². The first kappa shape index (κ1) is 14.9. The van der Waals surface area contributed by atoms with Gasteiger partial charge < -0.3 is 9.30 Å². The average molecular weight is 296 g/mol. The molecular formula is C19H24N2O. The molecule has 22 heavy (non-hydrogen) atoms. The Bertz CT molecular complexity index is 657. The Kier molecular flexibility index (Phi) is 4.62. The summed E-state index contributed by atoms with van der Waals surface area (Å²) in [7, 11) is 0. The van der Waals surface area contributed by atoms with Gasteiger partial charge in [-0.2, -0.15) is 0 Å². The smallest absolute Gasteiger partial charge is 0.233 e. The van der Waals surface area contributed by atoms with Gasteiger partial charge in [-0.1, -0.05) is 49.6 Å². The maximum Gasteiger partial charge on any atom is 0.233 e. The van der Waals surface area contributed by atoms with E-state index in [1.54, 1.807) is 0 Å². The SMILES string of the molecule is CCCC[C@@H]1COC(c2cccn2Cc2cccc(C)c2)=N1. The molecule has 0 fully saturated rings. The summed E-state index contributed by atoms with van der Waals surface area (Å²) >= 11 is 0. The summed E-state index contributed by atoms with van der Waals surface area (Å²) in [4.78, 5) is 4.76. The summed E-state index contributed by atoms with van der Waals surface area (Å²) < 4.78 is 8.06. The first-order valence-electron chi connectivity index (χ1n) is 8.18. The Balaban J connectivity index is 1.75. The summed E-state index contributed by atoms with van der Waals surface area (Å²) in [6.45, 7) is 5.92. The van der Waals surface area contributed by atoms with Crippen molar-refractivity contribution in [3.63, 3.8) is 0 Å². The number of aryl methyl sites for hydroxylation is 1. The van der Waals surface area contributed by atoms with Crippen LogP contribution >= 0.6 is 0 Å². The Morgan fingerprint density at radius 2 is 2.18 bits per heavy atom. The summed E-state index contributed by atoms with van der Waals surface area (Å²) in [5.41, 5.74) is 3.68. The van der Waals surface area contributed by atoms with Crippen LogP contribution in [0.15, 0.2) is 47.6 Å². The molecule has 0 bridgehead atoms. The number of ether oxygens (including phenoxy) is 1. The lowest BCUT2D eigenvalue weighted by Crippen LogP contribution is -2.10. The number of hydrogen-bond acceptors (Lipinski definition) is 2. The third-order valence-electron chi connectivity index (χ3n) is 4.09. The lowest BCUT2D eigenvalue weighted by Gasteiger charge is -2.09. The zero-order chi connectivity index (χ0) is 15.4. The van der Waals surface area contributed by atoms with Gasteiger partial charge in [0.1, 0.15) is 12.3 Å². The second kappa shape index (κ2) is 6.82. The Morgan fingerprint density at radius 3 is 3.00 bits per heavy atom. The fourth-order valence-corrected chi connectivity index (χ4v) is 2.90. The van der Waals surface area contributed by atoms with E-state index in [9.17, 15) is 0 Å². The molecule has 3 heteroatoms. The maximum absolute atomic E-state index is 5.84. The van der Waals surface area contributed by atoms with Crippen LogP contribution in [0.25, 0.3) is 0 Å². The van der Waals surface area contributed by atoms with Crippen molar-refractivity contribution in [1.29, 1.82) is 0 Å². The van der Waals surface area contributed by atoms with Crippen LogP contribution in [-0.4, -0.2) is 23.1 Å². The van der Waals surface area contributed by atoms with Crippen molar-refractivity contribution in [1.82, 2.24) is 4.57 Å². The van der Waals surface area contributed by atoms with E-state index in [1.165, 1.54) is 24.0 Å². The zero-order valence-electron chi connectivity index (χ0n) is 13.5. The molecule has 0 saturated heterocycles. The largest absolute Gasteiger partial charge is 0.474 e. The molecule has 2 aromatic rings. The standard InChI is InChI=1S/C19H24N2O/c1-3-4-9-17-14-22-19(20-17)18-10-6-11-21(18)13-16-8-5-7-15(2)12-16/h5-8,10-12,17H,3-4,9,13-14H2,1-2H3/t17-/m1/s1. The monoisotopic (exact) mass is 296 g/mol. The molecule has 1 aliphatic rings. The van der Waals surface area contributed by atoms with Crippen LogP contribution in [0.4, 0.5) is 0 Å². The maximum atomic E-state index is 5.84. The topological polar surface area (TPSA) is 26.5 Å². The summed E-state index contributed by atoms with van der Waals surface area (Å²) in [6.07, 6.45) is 5.65. The van der Waals surface area contributed by atoms with Crippen LogP contribution in [0.2, 0.25) is 0 Å². The third kappa shape index (κ3) is 3.41. The predicted molar refractivity (Wildman–Crippen MR) is 90.5 cm³/mol. The van der Waals surface area contributed by atoms with Gasteiger partial charge in [0.2, 0.25) is 5.90 Å². The number of unbranched alkanes of at least 4 members (excludes halogenated alkanes) is 1. The van der Waals surface area contributed by atoms with E-state index in [-0.39, 0.29) is 0 Å². The Morgan fingerprint density at radius 1 is 1.27 bits per heavy atom. The van der Waals surface area contributed by atoms with E-state index in [0.717, 1.165) is 31.2 Å². The quantitative estimate of drug-likeness (QED) is 0.785. The molecule has 1 atom stereocenters. The van der Waals surface area contributed by atoms with Gasteiger partial charge in [-0.05, 0) is 31.0 Å². The minimum Gasteiger partial charge on any atom is -0.474 e. The Hall–Kier alpha value is -2.03. The van der Waals surface area contributed by atoms with Gasteiger partial charge in [0.05, 0.1) is 6.04 Å². The number of aromatic nitrogens is 1. The number of aliphatic imine (C=N–C) groups is 1. The molecule has 1 aliphatic heterocycles. The molecule has 3 nitrogen and oxygen atoms in total. The van der Waals surface area contributed by atoms with E-state index in [2.05, 4.69) is 61.0 Å². The first-order chi connectivity index (χ1) is 10.8. The second-order valence-corrected chi connectivity index (χ2v) is 6.05. The van der Waals surface area contributed by atoms with Crippen LogP contribution < -0.4 is 0 Å². The minimum atomic E-state index is 0.331. The minimum absolute atomic E-state index is 0.331. The fraction of sp³-hybridized carbons (Fsp3) is 0.421. The van der Waals surface area contributed by atoms with Crippen molar-refractivity contribution in [3.05, 3.63) is 59.4 Å². The second-order valence-electron chi connectivity index (χ2n) is 6.05. The molecule has 0 amide bonds. The predicted octanol–water partition coefficient (Wildman–Crippen LogP) is 4.18. The molecule has 0 spiro atoms. The van der Waals surface area contributed by atoms with Gasteiger partial charge in [0.25, 0.3) is 0 Å². The van der Waals surface area contributed by atoms with E-state index in [0.29, 0.717) is 6.04 Å². The molecular weight excluding hydrogens is 272 g/mol. The van der Waals surface area contributed by atoms with Crippen LogP contribution in [0.1, 0.15) is 43.0 Å². The van der Waals surface area contributed by atoms with Gasteiger partial charge in [-0.25, -0.2) is 4.99 Å². The average Bonchev–Trinajstić information content (AvgIpc) is 3.14. The summed E-state index contributed by atoms with van der Waals surface area (Å²) in [5.74, 6) is 0.804. The first-order valence-corrected chi connectivity index (χ1v) is 8.18. The van der Waals surface area contributed by atoms with E-state index >= 15 is 0 Å². The molecule has 0 unspecified atom stereocenters. The van der Waals surface area contributed by atoms with Crippen molar-refractivity contribution < 1.29 is 4.74 Å². The molecule has 1 aromatic carbocycles. The highest BCUT2D eigenvalue weighted by atomic mass is 16.5. The molecule has 0 radical (unpaired) electrons. The number of hydrogen-bond donors (Lipinski definition) is 0. The number of rotatable bonds is 6. The highest BCUT2D eigenvalue weighted by molar-refractivity contribution is 5.93. The lowest BCUT2D eigenvalue weighted by molar-refractivity contribution is 0.308. The van der Waals surface area contributed by atoms with Crippen molar-refractivity contribution in [3.8, 4) is 0 Å². The van der Waals surface area contributed by atoms with E-state index in [1.807, 2.05) is 0 Å². The highest BCUT2D eigenvalue weighted by Crippen LogP contribution is 2.18. The van der Waals surface area contributed by atoms with Gasteiger partial charge in [-0.3, -0.25) is 0 Å². The fourth-order valence-electron chi connectivity index (χ4n) is 2.90. The van der Waals surface area contributed by atoms with Gasteiger partial charge >= 0.3 is 0 Å². The summed E-state index contributed by atoms with van der Waals surface area (Å²) in [5, 5.41) is 0. The lowest BCUT2D eigenvalue weighted by atomic mass is 10.1. The summed E-state index contributed by atoms with van der Waals surface area (Å²) in [6, 6.07) is 13.1. The molecule has 3 rings (SSSR count). The van der Waals surface area contributed by atoms with Gasteiger partial charge in [-0.15, -0.1) is 0 Å². The van der Waals surface area contributed by atoms with Crippen molar-refractivity contribution in [2.75, 3.05) is 6.61 Å². The van der Waals surface area contributed by atoms with Crippen LogP contribution in [-0.2, 0) is 11.3 Å². The van der Waals surface area contributed by atoms with Gasteiger partial charge in [0.15, 0.2) is 0 Å². The van der Waals surface area contributed by atoms with Gasteiger partial charge in [0, 0.05) is 12.7 Å². The molecule has 0 saturated carbocycles. The number of nitrogens with zero attached hydrogens (tertiary/aromatic N) is 2. The van der Waals surface area contributed by atoms with Crippen LogP contribution in [0.3, 0.4) is 0 Å². The van der Waals surface area contributed by atoms with E-state index in [4.69, 9.17) is 9.73 Å². The van der Waals surface area contributed by atoms with Crippen molar-refractivity contribution in [2.24, 2.45) is 4.99 Å². The molecule has 2 heterocycles. The number of benzene rings is 1. The van der Waals surface area contributed by atoms with Crippen LogP contribution in [0, 0.1) is 6.92 Å². The zero-order valence-corrected chi connectivity index (χ0v) is 13.5. The normalized spacial score (nSPS) is 17.4. The third-order valence-corrected chi connectivity index (χ3v) is 4.09. The molecule has 1 aromatic heterocycles. The Labute approximate surface area is 132 Å². The molecule has 116 valence electrons. The van der Waals surface area contributed by atoms with Crippen molar-refractivity contribution >= 4 is 5.90 Å². The highest BCUT2D eigenvalue weighted by Gasteiger charge is 2.21. The molecule has 0 aliphatic carbocycles. The van der Waals surface area contributed by atoms with Crippen molar-refractivity contribution in [2.45, 2.75) is 45.7 Å². The molecule has 0 N–H and O–H groups in total.